The molecule has 0 aliphatic carbocycles. The molecule has 30 heavy (non-hydrogen) atoms. The maximum Gasteiger partial charge on any atom is 0.267 e. The monoisotopic (exact) mass is 397 g/mol. The van der Waals surface area contributed by atoms with Gasteiger partial charge in [0.15, 0.2) is 0 Å². The van der Waals surface area contributed by atoms with Crippen molar-refractivity contribution in [2.24, 2.45) is 0 Å². The van der Waals surface area contributed by atoms with Gasteiger partial charge < -0.3 is 15.4 Å². The second-order valence-electron chi connectivity index (χ2n) is 6.95. The minimum Gasteiger partial charge on any atom is -0.457 e. The first-order chi connectivity index (χ1) is 14.6. The molecule has 0 unspecified atom stereocenters. The molecule has 0 bridgehead atoms. The van der Waals surface area contributed by atoms with Gasteiger partial charge in [0.25, 0.3) is 5.91 Å². The lowest BCUT2D eigenvalue weighted by molar-refractivity contribution is -0.112. The zero-order valence-electron chi connectivity index (χ0n) is 16.9. The first-order valence-electron chi connectivity index (χ1n) is 9.67. The third-order valence-corrected chi connectivity index (χ3v) is 4.41. The highest BCUT2D eigenvalue weighted by atomic mass is 16.5. The van der Waals surface area contributed by atoms with Crippen LogP contribution in [-0.2, 0) is 4.79 Å². The quantitative estimate of drug-likeness (QED) is 0.375. The molecule has 0 spiro atoms. The molecule has 0 aliphatic heterocycles. The van der Waals surface area contributed by atoms with Crippen LogP contribution in [0, 0.1) is 11.3 Å². The lowest BCUT2D eigenvalue weighted by Crippen LogP contribution is -2.16. The minimum atomic E-state index is -0.456. The predicted molar refractivity (Wildman–Crippen MR) is 119 cm³/mol. The lowest BCUT2D eigenvalue weighted by atomic mass is 10.0. The lowest BCUT2D eigenvalue weighted by Gasteiger charge is -2.13. The topological polar surface area (TPSA) is 74.2 Å². The summed E-state index contributed by atoms with van der Waals surface area (Å²) >= 11 is 0. The summed E-state index contributed by atoms with van der Waals surface area (Å²) in [5, 5.41) is 15.2. The van der Waals surface area contributed by atoms with Crippen LogP contribution in [0.15, 0.2) is 90.6 Å². The molecule has 5 nitrogen and oxygen atoms in total. The number of carbonyl (C=O) groups is 1. The molecule has 0 radical (unpaired) electrons. The third-order valence-electron chi connectivity index (χ3n) is 4.41. The number of ether oxygens (including phenoxy) is 1. The number of nitriles is 1. The Kier molecular flexibility index (Phi) is 6.86. The van der Waals surface area contributed by atoms with Crippen molar-refractivity contribution in [1.29, 1.82) is 5.26 Å². The van der Waals surface area contributed by atoms with E-state index in [2.05, 4.69) is 24.5 Å². The normalized spacial score (nSPS) is 10.9. The summed E-state index contributed by atoms with van der Waals surface area (Å²) in [7, 11) is 0. The smallest absolute Gasteiger partial charge is 0.267 e. The molecule has 150 valence electrons. The van der Waals surface area contributed by atoms with Crippen LogP contribution in [0.25, 0.3) is 0 Å². The molecular weight excluding hydrogens is 374 g/mol. The molecule has 0 aliphatic rings. The van der Waals surface area contributed by atoms with E-state index >= 15 is 0 Å². The molecule has 3 aromatic rings. The van der Waals surface area contributed by atoms with Gasteiger partial charge >= 0.3 is 0 Å². The average Bonchev–Trinajstić information content (AvgIpc) is 2.76. The van der Waals surface area contributed by atoms with Crippen LogP contribution < -0.4 is 15.4 Å². The van der Waals surface area contributed by atoms with Crippen molar-refractivity contribution < 1.29 is 9.53 Å². The molecule has 0 atom stereocenters. The van der Waals surface area contributed by atoms with E-state index in [-0.39, 0.29) is 11.5 Å². The average molecular weight is 397 g/mol. The fraction of sp³-hybridized carbons (Fsp3) is 0.120. The Balaban J connectivity index is 1.65. The molecule has 0 aromatic heterocycles. The molecule has 1 amide bonds. The van der Waals surface area contributed by atoms with Crippen molar-refractivity contribution in [3.05, 3.63) is 96.2 Å². The van der Waals surface area contributed by atoms with Crippen LogP contribution in [-0.4, -0.2) is 5.91 Å². The van der Waals surface area contributed by atoms with Gasteiger partial charge in [0.1, 0.15) is 23.1 Å². The molecule has 0 heterocycles. The van der Waals surface area contributed by atoms with Crippen LogP contribution in [0.5, 0.6) is 11.5 Å². The fourth-order valence-electron chi connectivity index (χ4n) is 2.85. The van der Waals surface area contributed by atoms with E-state index in [0.717, 1.165) is 17.0 Å². The Hall–Kier alpha value is -4.04. The molecule has 0 saturated heterocycles. The molecular formula is C25H23N3O2. The SMILES string of the molecule is CC(C)c1ccccc1NC(=O)/C(C#N)=C\Nc1ccc(Oc2ccccc2)cc1. The molecule has 0 saturated carbocycles. The summed E-state index contributed by atoms with van der Waals surface area (Å²) in [6.07, 6.45) is 1.40. The minimum absolute atomic E-state index is 0.0156. The summed E-state index contributed by atoms with van der Waals surface area (Å²) in [6.45, 7) is 4.11. The maximum absolute atomic E-state index is 12.5. The Morgan fingerprint density at radius 1 is 0.933 bits per heavy atom. The Labute approximate surface area is 176 Å². The second-order valence-corrected chi connectivity index (χ2v) is 6.95. The number of nitrogens with zero attached hydrogens (tertiary/aromatic N) is 1. The Morgan fingerprint density at radius 3 is 2.23 bits per heavy atom. The number of nitrogens with one attached hydrogen (secondary N) is 2. The van der Waals surface area contributed by atoms with Crippen molar-refractivity contribution >= 4 is 17.3 Å². The van der Waals surface area contributed by atoms with Crippen molar-refractivity contribution in [1.82, 2.24) is 0 Å². The van der Waals surface area contributed by atoms with E-state index in [4.69, 9.17) is 4.74 Å². The molecule has 3 rings (SSSR count). The molecule has 3 aromatic carbocycles. The number of anilines is 2. The predicted octanol–water partition coefficient (Wildman–Crippen LogP) is 6.06. The zero-order chi connectivity index (χ0) is 21.3. The first-order valence-corrected chi connectivity index (χ1v) is 9.67. The van der Waals surface area contributed by atoms with E-state index in [1.54, 1.807) is 0 Å². The Bertz CT molecular complexity index is 1070. The van der Waals surface area contributed by atoms with Gasteiger partial charge in [-0.15, -0.1) is 0 Å². The number of rotatable bonds is 7. The summed E-state index contributed by atoms with van der Waals surface area (Å²) in [5.41, 5.74) is 2.45. The van der Waals surface area contributed by atoms with E-state index in [1.807, 2.05) is 84.9 Å². The van der Waals surface area contributed by atoms with Gasteiger partial charge in [-0.2, -0.15) is 5.26 Å². The van der Waals surface area contributed by atoms with Gasteiger partial charge in [-0.3, -0.25) is 4.79 Å². The van der Waals surface area contributed by atoms with Crippen LogP contribution in [0.3, 0.4) is 0 Å². The van der Waals surface area contributed by atoms with Crippen molar-refractivity contribution in [2.45, 2.75) is 19.8 Å². The zero-order valence-corrected chi connectivity index (χ0v) is 16.9. The number of carbonyl (C=O) groups excluding carboxylic acids is 1. The first kappa shape index (κ1) is 20.7. The number of para-hydroxylation sites is 2. The Morgan fingerprint density at radius 2 is 1.57 bits per heavy atom. The molecule has 5 heteroatoms. The number of hydrogen-bond donors (Lipinski definition) is 2. The standard InChI is InChI=1S/C25H23N3O2/c1-18(2)23-10-6-7-11-24(23)28-25(29)19(16-26)17-27-20-12-14-22(15-13-20)30-21-8-4-3-5-9-21/h3-15,17-18,27H,1-2H3,(H,28,29)/b19-17-. The van der Waals surface area contributed by atoms with Crippen molar-refractivity contribution in [3.8, 4) is 17.6 Å². The largest absolute Gasteiger partial charge is 0.457 e. The van der Waals surface area contributed by atoms with Crippen LogP contribution >= 0.6 is 0 Å². The number of hydrogen-bond acceptors (Lipinski definition) is 4. The van der Waals surface area contributed by atoms with Crippen LogP contribution in [0.2, 0.25) is 0 Å². The van der Waals surface area contributed by atoms with E-state index in [9.17, 15) is 10.1 Å². The van der Waals surface area contributed by atoms with Crippen LogP contribution in [0.4, 0.5) is 11.4 Å². The number of benzene rings is 3. The van der Waals surface area contributed by atoms with Gasteiger partial charge in [-0.05, 0) is 53.9 Å². The van der Waals surface area contributed by atoms with Crippen molar-refractivity contribution in [3.63, 3.8) is 0 Å². The van der Waals surface area contributed by atoms with Gasteiger partial charge in [0.05, 0.1) is 0 Å². The van der Waals surface area contributed by atoms with E-state index in [1.165, 1.54) is 6.20 Å². The summed E-state index contributed by atoms with van der Waals surface area (Å²) in [4.78, 5) is 12.5. The van der Waals surface area contributed by atoms with Gasteiger partial charge in [-0.1, -0.05) is 50.2 Å². The highest BCUT2D eigenvalue weighted by Crippen LogP contribution is 2.25. The van der Waals surface area contributed by atoms with Gasteiger partial charge in [0, 0.05) is 17.6 Å². The highest BCUT2D eigenvalue weighted by Gasteiger charge is 2.13. The molecule has 0 fully saturated rings. The third kappa shape index (κ3) is 5.49. The van der Waals surface area contributed by atoms with Crippen molar-refractivity contribution in [2.75, 3.05) is 10.6 Å². The summed E-state index contributed by atoms with van der Waals surface area (Å²) in [6, 6.07) is 26.3. The van der Waals surface area contributed by atoms with E-state index < -0.39 is 5.91 Å². The summed E-state index contributed by atoms with van der Waals surface area (Å²) in [5.74, 6) is 1.25. The van der Waals surface area contributed by atoms with E-state index in [0.29, 0.717) is 11.4 Å². The maximum atomic E-state index is 12.5. The number of amides is 1. The highest BCUT2D eigenvalue weighted by molar-refractivity contribution is 6.07. The molecule has 2 N–H and O–H groups in total. The second kappa shape index (κ2) is 9.94. The fourth-order valence-corrected chi connectivity index (χ4v) is 2.85. The van der Waals surface area contributed by atoms with Gasteiger partial charge in [-0.25, -0.2) is 0 Å². The van der Waals surface area contributed by atoms with Crippen LogP contribution in [0.1, 0.15) is 25.3 Å². The summed E-state index contributed by atoms with van der Waals surface area (Å²) < 4.78 is 5.76. The van der Waals surface area contributed by atoms with Gasteiger partial charge in [0.2, 0.25) is 0 Å².